The van der Waals surface area contributed by atoms with Gasteiger partial charge in [0, 0.05) is 37.7 Å². The van der Waals surface area contributed by atoms with Crippen molar-refractivity contribution in [3.63, 3.8) is 0 Å². The predicted octanol–water partition coefficient (Wildman–Crippen LogP) is 1.25. The van der Waals surface area contributed by atoms with Crippen LogP contribution >= 0.6 is 11.3 Å². The molecule has 2 aromatic heterocycles. The van der Waals surface area contributed by atoms with Gasteiger partial charge in [-0.05, 0) is 41.3 Å². The first-order valence-electron chi connectivity index (χ1n) is 8.63. The van der Waals surface area contributed by atoms with Crippen molar-refractivity contribution in [2.24, 2.45) is 0 Å². The molecule has 2 fully saturated rings. The molecule has 2 aliphatic heterocycles. The quantitative estimate of drug-likeness (QED) is 0.783. The fourth-order valence-corrected chi connectivity index (χ4v) is 4.77. The van der Waals surface area contributed by atoms with Crippen LogP contribution in [0.2, 0.25) is 0 Å². The van der Waals surface area contributed by atoms with Crippen LogP contribution in [-0.2, 0) is 11.3 Å². The van der Waals surface area contributed by atoms with Crippen LogP contribution in [0.25, 0.3) is 0 Å². The highest BCUT2D eigenvalue weighted by Gasteiger charge is 2.36. The molecular weight excluding hydrogens is 324 g/mol. The van der Waals surface area contributed by atoms with Crippen molar-refractivity contribution in [2.45, 2.75) is 31.5 Å². The molecule has 2 atom stereocenters. The molecule has 24 heavy (non-hydrogen) atoms. The fourth-order valence-electron chi connectivity index (χ4n) is 3.91. The lowest BCUT2D eigenvalue weighted by atomic mass is 10.1. The fraction of sp³-hybridized carbons (Fsp3) is 0.688. The highest BCUT2D eigenvalue weighted by Crippen LogP contribution is 2.33. The van der Waals surface area contributed by atoms with Gasteiger partial charge in [0.15, 0.2) is 5.82 Å². The highest BCUT2D eigenvalue weighted by atomic mass is 32.1. The molecule has 2 saturated heterocycles. The Morgan fingerprint density at radius 2 is 2.33 bits per heavy atom. The Morgan fingerprint density at radius 3 is 3.17 bits per heavy atom. The number of rotatable bonds is 6. The molecule has 0 radical (unpaired) electrons. The van der Waals surface area contributed by atoms with Crippen molar-refractivity contribution in [1.82, 2.24) is 30.0 Å². The molecule has 8 heteroatoms. The summed E-state index contributed by atoms with van der Waals surface area (Å²) in [5, 5.41) is 14.7. The van der Waals surface area contributed by atoms with Gasteiger partial charge in [0.2, 0.25) is 0 Å². The number of hydrogen-bond donors (Lipinski definition) is 0. The Balaban J connectivity index is 1.62. The summed E-state index contributed by atoms with van der Waals surface area (Å²) >= 11 is 1.79. The van der Waals surface area contributed by atoms with Crippen LogP contribution in [0.3, 0.4) is 0 Å². The zero-order valence-corrected chi connectivity index (χ0v) is 14.9. The standard InChI is InChI=1S/C16H24N6OS/c1-23-10-9-22-16(17-18-19-22)15(14-5-3-11-24-14)21-8-7-20-6-2-4-13(20)12-21/h3,5,11,13,15H,2,4,6-10,12H2,1H3/t13-,15+/m1/s1. The number of methoxy groups -OCH3 is 1. The Labute approximate surface area is 146 Å². The van der Waals surface area contributed by atoms with Gasteiger partial charge in [-0.3, -0.25) is 9.80 Å². The number of tetrazole rings is 1. The van der Waals surface area contributed by atoms with Gasteiger partial charge in [-0.1, -0.05) is 6.07 Å². The van der Waals surface area contributed by atoms with Crippen molar-refractivity contribution in [3.05, 3.63) is 28.2 Å². The molecule has 2 aromatic rings. The van der Waals surface area contributed by atoms with E-state index in [-0.39, 0.29) is 6.04 Å². The maximum atomic E-state index is 5.21. The molecule has 130 valence electrons. The average Bonchev–Trinajstić information content (AvgIpc) is 3.35. The number of aromatic nitrogens is 4. The summed E-state index contributed by atoms with van der Waals surface area (Å²) < 4.78 is 7.11. The van der Waals surface area contributed by atoms with E-state index in [0.29, 0.717) is 19.2 Å². The molecule has 0 aliphatic carbocycles. The SMILES string of the molecule is COCCn1nnnc1[C@H](c1cccs1)N1CCN2CCC[C@@H]2C1. The Kier molecular flexibility index (Phi) is 4.88. The molecule has 0 N–H and O–H groups in total. The molecule has 0 saturated carbocycles. The van der Waals surface area contributed by atoms with Crippen molar-refractivity contribution in [2.75, 3.05) is 39.9 Å². The Hall–Kier alpha value is -1.35. The maximum Gasteiger partial charge on any atom is 0.173 e. The zero-order chi connectivity index (χ0) is 16.4. The first-order chi connectivity index (χ1) is 11.9. The largest absolute Gasteiger partial charge is 0.383 e. The van der Waals surface area contributed by atoms with Gasteiger partial charge in [-0.15, -0.1) is 16.4 Å². The summed E-state index contributed by atoms with van der Waals surface area (Å²) in [6.45, 7) is 5.87. The van der Waals surface area contributed by atoms with E-state index >= 15 is 0 Å². The van der Waals surface area contributed by atoms with Crippen LogP contribution in [0.5, 0.6) is 0 Å². The zero-order valence-electron chi connectivity index (χ0n) is 14.0. The van der Waals surface area contributed by atoms with E-state index in [1.54, 1.807) is 18.4 Å². The number of piperazine rings is 1. The van der Waals surface area contributed by atoms with Crippen LogP contribution < -0.4 is 0 Å². The summed E-state index contributed by atoms with van der Waals surface area (Å²) in [6.07, 6.45) is 2.63. The topological polar surface area (TPSA) is 59.3 Å². The van der Waals surface area contributed by atoms with Gasteiger partial charge >= 0.3 is 0 Å². The summed E-state index contributed by atoms with van der Waals surface area (Å²) in [6, 6.07) is 5.14. The first-order valence-corrected chi connectivity index (χ1v) is 9.51. The molecule has 4 heterocycles. The lowest BCUT2D eigenvalue weighted by Gasteiger charge is -2.40. The van der Waals surface area contributed by atoms with E-state index in [9.17, 15) is 0 Å². The number of thiophene rings is 1. The van der Waals surface area contributed by atoms with E-state index in [1.807, 2.05) is 4.68 Å². The van der Waals surface area contributed by atoms with Gasteiger partial charge in [-0.2, -0.15) is 0 Å². The second kappa shape index (κ2) is 7.26. The van der Waals surface area contributed by atoms with Crippen molar-refractivity contribution in [1.29, 1.82) is 0 Å². The molecule has 2 aliphatic rings. The number of nitrogens with zero attached hydrogens (tertiary/aromatic N) is 6. The van der Waals surface area contributed by atoms with Crippen LogP contribution in [0, 0.1) is 0 Å². The molecular formula is C16H24N6OS. The third kappa shape index (κ3) is 3.11. The minimum atomic E-state index is 0.139. The summed E-state index contributed by atoms with van der Waals surface area (Å²) in [5.41, 5.74) is 0. The molecule has 0 amide bonds. The van der Waals surface area contributed by atoms with Crippen molar-refractivity contribution >= 4 is 11.3 Å². The highest BCUT2D eigenvalue weighted by molar-refractivity contribution is 7.10. The number of hydrogen-bond acceptors (Lipinski definition) is 7. The Morgan fingerprint density at radius 1 is 1.38 bits per heavy atom. The normalized spacial score (nSPS) is 23.5. The van der Waals surface area contributed by atoms with E-state index in [4.69, 9.17) is 4.74 Å². The molecule has 4 rings (SSSR count). The lowest BCUT2D eigenvalue weighted by molar-refractivity contribution is 0.0795. The lowest BCUT2D eigenvalue weighted by Crippen LogP contribution is -2.51. The van der Waals surface area contributed by atoms with Gasteiger partial charge in [0.05, 0.1) is 13.2 Å². The summed E-state index contributed by atoms with van der Waals surface area (Å²) in [7, 11) is 1.71. The molecule has 0 unspecified atom stereocenters. The van der Waals surface area contributed by atoms with E-state index in [2.05, 4.69) is 42.8 Å². The molecule has 0 spiro atoms. The second-order valence-electron chi connectivity index (χ2n) is 6.50. The van der Waals surface area contributed by atoms with E-state index in [0.717, 1.165) is 25.5 Å². The maximum absolute atomic E-state index is 5.21. The van der Waals surface area contributed by atoms with Crippen LogP contribution in [0.1, 0.15) is 29.6 Å². The van der Waals surface area contributed by atoms with Crippen molar-refractivity contribution in [3.8, 4) is 0 Å². The van der Waals surface area contributed by atoms with E-state index < -0.39 is 0 Å². The van der Waals surface area contributed by atoms with Crippen LogP contribution in [0.4, 0.5) is 0 Å². The van der Waals surface area contributed by atoms with Gasteiger partial charge in [-0.25, -0.2) is 4.68 Å². The number of ether oxygens (including phenoxy) is 1. The third-order valence-corrected chi connectivity index (χ3v) is 6.03. The molecule has 7 nitrogen and oxygen atoms in total. The second-order valence-corrected chi connectivity index (χ2v) is 7.48. The summed E-state index contributed by atoms with van der Waals surface area (Å²) in [5.74, 6) is 0.931. The van der Waals surface area contributed by atoms with Crippen LogP contribution in [0.15, 0.2) is 17.5 Å². The predicted molar refractivity (Wildman–Crippen MR) is 92.0 cm³/mol. The monoisotopic (exact) mass is 348 g/mol. The first kappa shape index (κ1) is 16.1. The Bertz CT molecular complexity index is 645. The van der Waals surface area contributed by atoms with Crippen molar-refractivity contribution < 1.29 is 4.74 Å². The van der Waals surface area contributed by atoms with Gasteiger partial charge < -0.3 is 4.74 Å². The van der Waals surface area contributed by atoms with Gasteiger partial charge in [0.1, 0.15) is 6.04 Å². The average molecular weight is 348 g/mol. The van der Waals surface area contributed by atoms with Gasteiger partial charge in [0.25, 0.3) is 0 Å². The molecule has 0 aromatic carbocycles. The van der Waals surface area contributed by atoms with E-state index in [1.165, 1.54) is 24.3 Å². The van der Waals surface area contributed by atoms with Crippen LogP contribution in [-0.4, -0.2) is 75.9 Å². The smallest absolute Gasteiger partial charge is 0.173 e. The summed E-state index contributed by atoms with van der Waals surface area (Å²) in [4.78, 5) is 6.51. The minimum absolute atomic E-state index is 0.139. The third-order valence-electron chi connectivity index (χ3n) is 5.11. The molecule has 0 bridgehead atoms. The minimum Gasteiger partial charge on any atom is -0.383 e. The number of fused-ring (bicyclic) bond motifs is 1.